The van der Waals surface area contributed by atoms with Crippen molar-refractivity contribution in [1.82, 2.24) is 9.66 Å². The molecule has 0 saturated carbocycles. The minimum atomic E-state index is -0.356. The Morgan fingerprint density at radius 2 is 1.88 bits per heavy atom. The first kappa shape index (κ1) is 22.2. The highest BCUT2D eigenvalue weighted by Crippen LogP contribution is 2.32. The summed E-state index contributed by atoms with van der Waals surface area (Å²) >= 11 is 2.46. The molecule has 172 valence electrons. The first-order chi connectivity index (χ1) is 16.5. The summed E-state index contributed by atoms with van der Waals surface area (Å²) in [4.78, 5) is 44.7. The number of amides is 2. The Morgan fingerprint density at radius 1 is 1.12 bits per heavy atom. The lowest BCUT2D eigenvalue weighted by Gasteiger charge is -2.19. The minimum absolute atomic E-state index is 0.00828. The van der Waals surface area contributed by atoms with E-state index in [9.17, 15) is 14.4 Å². The first-order valence-corrected chi connectivity index (χ1v) is 12.6. The highest BCUT2D eigenvalue weighted by Gasteiger charge is 2.24. The van der Waals surface area contributed by atoms with E-state index in [1.54, 1.807) is 17.0 Å². The summed E-state index contributed by atoms with van der Waals surface area (Å²) in [6.45, 7) is 0.635. The normalized spacial score (nSPS) is 13.5. The van der Waals surface area contributed by atoms with E-state index >= 15 is 0 Å². The maximum Gasteiger partial charge on any atom is 0.282 e. The molecule has 4 aromatic rings. The SMILES string of the molecule is Nn1c(SCC(=O)Nc2ccccc2N2CCCC2=O)nc2scc(-c3ccccc3)c2c1=O. The van der Waals surface area contributed by atoms with Crippen LogP contribution in [0.3, 0.4) is 0 Å². The second-order valence-electron chi connectivity index (χ2n) is 7.77. The number of carbonyl (C=O) groups is 2. The number of thiophene rings is 1. The van der Waals surface area contributed by atoms with E-state index in [4.69, 9.17) is 5.84 Å². The minimum Gasteiger partial charge on any atom is -0.334 e. The summed E-state index contributed by atoms with van der Waals surface area (Å²) in [5, 5.41) is 5.49. The van der Waals surface area contributed by atoms with Gasteiger partial charge in [-0.05, 0) is 24.1 Å². The number of aromatic nitrogens is 2. The smallest absolute Gasteiger partial charge is 0.282 e. The lowest BCUT2D eigenvalue weighted by atomic mass is 10.1. The van der Waals surface area contributed by atoms with E-state index in [1.807, 2.05) is 47.8 Å². The third-order valence-corrected chi connectivity index (χ3v) is 7.39. The molecule has 0 spiro atoms. The predicted octanol–water partition coefficient (Wildman–Crippen LogP) is 3.70. The van der Waals surface area contributed by atoms with Gasteiger partial charge in [-0.2, -0.15) is 0 Å². The number of hydrogen-bond acceptors (Lipinski definition) is 7. The summed E-state index contributed by atoms with van der Waals surface area (Å²) < 4.78 is 0.996. The number of nitrogens with two attached hydrogens (primary N) is 1. The van der Waals surface area contributed by atoms with Gasteiger partial charge in [-0.15, -0.1) is 11.3 Å². The van der Waals surface area contributed by atoms with E-state index in [1.165, 1.54) is 11.3 Å². The number of anilines is 2. The highest BCUT2D eigenvalue weighted by molar-refractivity contribution is 7.99. The van der Waals surface area contributed by atoms with Gasteiger partial charge in [-0.3, -0.25) is 14.4 Å². The van der Waals surface area contributed by atoms with Crippen molar-refractivity contribution in [3.05, 3.63) is 70.3 Å². The van der Waals surface area contributed by atoms with Crippen LogP contribution in [-0.4, -0.2) is 33.8 Å². The summed E-state index contributed by atoms with van der Waals surface area (Å²) in [5.41, 5.74) is 2.61. The molecular weight excluding hydrogens is 470 g/mol. The molecule has 2 aromatic carbocycles. The molecule has 34 heavy (non-hydrogen) atoms. The van der Waals surface area contributed by atoms with Crippen molar-refractivity contribution in [2.24, 2.45) is 0 Å². The van der Waals surface area contributed by atoms with Gasteiger partial charge in [0.25, 0.3) is 5.56 Å². The van der Waals surface area contributed by atoms with Crippen molar-refractivity contribution < 1.29 is 9.59 Å². The van der Waals surface area contributed by atoms with E-state index in [-0.39, 0.29) is 28.3 Å². The summed E-state index contributed by atoms with van der Waals surface area (Å²) in [5.74, 6) is 5.84. The number of rotatable bonds is 6. The van der Waals surface area contributed by atoms with Gasteiger partial charge in [0.05, 0.1) is 22.5 Å². The zero-order chi connectivity index (χ0) is 23.7. The third-order valence-electron chi connectivity index (χ3n) is 5.57. The molecule has 8 nitrogen and oxygen atoms in total. The van der Waals surface area contributed by atoms with Gasteiger partial charge in [0.15, 0.2) is 5.16 Å². The largest absolute Gasteiger partial charge is 0.334 e. The van der Waals surface area contributed by atoms with Crippen LogP contribution < -0.4 is 21.6 Å². The van der Waals surface area contributed by atoms with Crippen LogP contribution >= 0.6 is 23.1 Å². The molecule has 0 aliphatic carbocycles. The average Bonchev–Trinajstić information content (AvgIpc) is 3.47. The maximum atomic E-state index is 13.0. The van der Waals surface area contributed by atoms with Gasteiger partial charge >= 0.3 is 0 Å². The molecule has 0 unspecified atom stereocenters. The molecule has 2 amide bonds. The zero-order valence-electron chi connectivity index (χ0n) is 18.1. The quantitative estimate of drug-likeness (QED) is 0.242. The van der Waals surface area contributed by atoms with Gasteiger partial charge in [0.2, 0.25) is 11.8 Å². The fourth-order valence-electron chi connectivity index (χ4n) is 3.95. The third kappa shape index (κ3) is 4.17. The standard InChI is InChI=1S/C24H21N5O3S2/c25-29-23(32)21-16(15-7-2-1-3-8-15)13-33-22(21)27-24(29)34-14-19(30)26-17-9-4-5-10-18(17)28-12-6-11-20(28)31/h1-5,7-10,13H,6,11-12,14,25H2,(H,26,30). The van der Waals surface area contributed by atoms with Crippen molar-refractivity contribution in [3.63, 3.8) is 0 Å². The van der Waals surface area contributed by atoms with Crippen LogP contribution in [0.25, 0.3) is 21.3 Å². The van der Waals surface area contributed by atoms with Gasteiger partial charge < -0.3 is 16.1 Å². The topological polar surface area (TPSA) is 110 Å². The van der Waals surface area contributed by atoms with Crippen LogP contribution in [0.5, 0.6) is 0 Å². The number of fused-ring (bicyclic) bond motifs is 1. The van der Waals surface area contributed by atoms with E-state index in [2.05, 4.69) is 10.3 Å². The number of thioether (sulfide) groups is 1. The molecule has 1 aliphatic rings. The number of nitrogens with one attached hydrogen (secondary N) is 1. The van der Waals surface area contributed by atoms with E-state index in [0.717, 1.165) is 34.0 Å². The Bertz CT molecular complexity index is 1450. The van der Waals surface area contributed by atoms with Gasteiger partial charge in [0.1, 0.15) is 4.83 Å². The lowest BCUT2D eigenvalue weighted by molar-refractivity contribution is -0.117. The molecule has 3 heterocycles. The molecule has 0 atom stereocenters. The number of benzene rings is 2. The van der Waals surface area contributed by atoms with Gasteiger partial charge in [-0.1, -0.05) is 54.2 Å². The van der Waals surface area contributed by atoms with Crippen molar-refractivity contribution in [2.75, 3.05) is 28.4 Å². The highest BCUT2D eigenvalue weighted by atomic mass is 32.2. The summed E-state index contributed by atoms with van der Waals surface area (Å²) in [6.07, 6.45) is 1.31. The molecular formula is C24H21N5O3S2. The first-order valence-electron chi connectivity index (χ1n) is 10.7. The Kier molecular flexibility index (Phi) is 6.08. The van der Waals surface area contributed by atoms with E-state index in [0.29, 0.717) is 34.6 Å². The Labute approximate surface area is 203 Å². The van der Waals surface area contributed by atoms with Crippen molar-refractivity contribution in [1.29, 1.82) is 0 Å². The molecule has 10 heteroatoms. The number of para-hydroxylation sites is 2. The van der Waals surface area contributed by atoms with Crippen LogP contribution in [0.1, 0.15) is 12.8 Å². The Hall–Kier alpha value is -3.63. The molecule has 2 aromatic heterocycles. The summed E-state index contributed by atoms with van der Waals surface area (Å²) in [6, 6.07) is 16.8. The van der Waals surface area contributed by atoms with Gasteiger partial charge in [-0.25, -0.2) is 9.66 Å². The molecule has 1 aliphatic heterocycles. The van der Waals surface area contributed by atoms with Crippen LogP contribution in [0, 0.1) is 0 Å². The zero-order valence-corrected chi connectivity index (χ0v) is 19.7. The molecule has 3 N–H and O–H groups in total. The molecule has 0 radical (unpaired) electrons. The van der Waals surface area contributed by atoms with Crippen molar-refractivity contribution in [2.45, 2.75) is 18.0 Å². The fourth-order valence-corrected chi connectivity index (χ4v) is 5.66. The fraction of sp³-hybridized carbons (Fsp3) is 0.167. The lowest BCUT2D eigenvalue weighted by Crippen LogP contribution is -2.30. The second kappa shape index (κ2) is 9.32. The number of hydrogen-bond donors (Lipinski definition) is 2. The second-order valence-corrected chi connectivity index (χ2v) is 9.57. The van der Waals surface area contributed by atoms with Crippen LogP contribution in [0.4, 0.5) is 11.4 Å². The number of carbonyl (C=O) groups excluding carboxylic acids is 2. The average molecular weight is 492 g/mol. The number of nitrogens with zero attached hydrogens (tertiary/aromatic N) is 3. The van der Waals surface area contributed by atoms with E-state index < -0.39 is 0 Å². The maximum absolute atomic E-state index is 13.0. The Balaban J connectivity index is 1.34. The molecule has 1 fully saturated rings. The van der Waals surface area contributed by atoms with Crippen LogP contribution in [0.2, 0.25) is 0 Å². The molecule has 1 saturated heterocycles. The van der Waals surface area contributed by atoms with Crippen LogP contribution in [-0.2, 0) is 9.59 Å². The Morgan fingerprint density at radius 3 is 2.65 bits per heavy atom. The van der Waals surface area contributed by atoms with Gasteiger partial charge in [0, 0.05) is 23.9 Å². The monoisotopic (exact) mass is 491 g/mol. The molecule has 0 bridgehead atoms. The van der Waals surface area contributed by atoms with Crippen molar-refractivity contribution >= 4 is 56.5 Å². The predicted molar refractivity (Wildman–Crippen MR) is 137 cm³/mol. The molecule has 5 rings (SSSR count). The number of nitrogen functional groups attached to an aromatic ring is 1. The van der Waals surface area contributed by atoms with Crippen LogP contribution in [0.15, 0.2) is 69.9 Å². The summed E-state index contributed by atoms with van der Waals surface area (Å²) in [7, 11) is 0. The van der Waals surface area contributed by atoms with Crippen molar-refractivity contribution in [3.8, 4) is 11.1 Å².